The molecule has 1 aromatic heterocycles. The van der Waals surface area contributed by atoms with Gasteiger partial charge in [0.05, 0.1) is 30.2 Å². The third-order valence-corrected chi connectivity index (χ3v) is 6.52. The van der Waals surface area contributed by atoms with Gasteiger partial charge in [0.2, 0.25) is 21.9 Å². The molecule has 4 rings (SSSR count). The van der Waals surface area contributed by atoms with Crippen molar-refractivity contribution >= 4 is 21.9 Å². The van der Waals surface area contributed by atoms with Crippen LogP contribution < -0.4 is 14.5 Å². The molecule has 2 aliphatic heterocycles. The molecule has 0 unspecified atom stereocenters. The fourth-order valence-corrected chi connectivity index (χ4v) is 4.60. The molecule has 0 aliphatic carbocycles. The van der Waals surface area contributed by atoms with E-state index >= 15 is 0 Å². The number of rotatable bonds is 6. The molecule has 2 saturated heterocycles. The molecule has 2 fully saturated rings. The molecular weight excluding hydrogens is 406 g/mol. The Bertz CT molecular complexity index is 1040. The van der Waals surface area contributed by atoms with Gasteiger partial charge in [-0.3, -0.25) is 0 Å². The first-order valence-corrected chi connectivity index (χ1v) is 11.4. The van der Waals surface area contributed by atoms with E-state index in [1.807, 2.05) is 11.0 Å². The SMILES string of the molecule is N#Cc1ccccc1S(=O)(=O)NCc1nc(N2CCCC2)nc(N2CCOCC2)n1. The number of nitrogens with one attached hydrogen (secondary N) is 1. The van der Waals surface area contributed by atoms with Gasteiger partial charge in [0.25, 0.3) is 0 Å². The smallest absolute Gasteiger partial charge is 0.242 e. The summed E-state index contributed by atoms with van der Waals surface area (Å²) in [6.07, 6.45) is 2.15. The maximum absolute atomic E-state index is 12.7. The lowest BCUT2D eigenvalue weighted by atomic mass is 10.2. The summed E-state index contributed by atoms with van der Waals surface area (Å²) >= 11 is 0. The van der Waals surface area contributed by atoms with Crippen LogP contribution >= 0.6 is 0 Å². The number of nitrogens with zero attached hydrogens (tertiary/aromatic N) is 6. The van der Waals surface area contributed by atoms with Crippen molar-refractivity contribution in [1.82, 2.24) is 19.7 Å². The molecule has 0 saturated carbocycles. The number of hydrogen-bond acceptors (Lipinski definition) is 9. The minimum atomic E-state index is -3.89. The van der Waals surface area contributed by atoms with Crippen molar-refractivity contribution in [1.29, 1.82) is 5.26 Å². The van der Waals surface area contributed by atoms with Gasteiger partial charge in [0.1, 0.15) is 6.07 Å². The molecule has 158 valence electrons. The van der Waals surface area contributed by atoms with Gasteiger partial charge in [0, 0.05) is 26.2 Å². The molecule has 3 heterocycles. The van der Waals surface area contributed by atoms with E-state index in [2.05, 4.69) is 24.6 Å². The largest absolute Gasteiger partial charge is 0.378 e. The Morgan fingerprint density at radius 1 is 1.00 bits per heavy atom. The van der Waals surface area contributed by atoms with Crippen LogP contribution in [0, 0.1) is 11.3 Å². The van der Waals surface area contributed by atoms with Crippen LogP contribution in [0.15, 0.2) is 29.2 Å². The van der Waals surface area contributed by atoms with E-state index in [1.54, 1.807) is 12.1 Å². The van der Waals surface area contributed by atoms with Crippen LogP contribution in [0.4, 0.5) is 11.9 Å². The number of morpholine rings is 1. The summed E-state index contributed by atoms with van der Waals surface area (Å²) in [4.78, 5) is 17.7. The Kier molecular flexibility index (Phi) is 6.08. The van der Waals surface area contributed by atoms with Gasteiger partial charge >= 0.3 is 0 Å². The number of hydrogen-bond donors (Lipinski definition) is 1. The summed E-state index contributed by atoms with van der Waals surface area (Å²) in [5.74, 6) is 1.43. The minimum Gasteiger partial charge on any atom is -0.378 e. The van der Waals surface area contributed by atoms with Gasteiger partial charge in [-0.1, -0.05) is 12.1 Å². The maximum Gasteiger partial charge on any atom is 0.242 e. The first-order chi connectivity index (χ1) is 14.6. The lowest BCUT2D eigenvalue weighted by molar-refractivity contribution is 0.122. The predicted octanol–water partition coefficient (Wildman–Crippen LogP) is 0.659. The zero-order valence-corrected chi connectivity index (χ0v) is 17.3. The second-order valence-corrected chi connectivity index (χ2v) is 8.81. The number of benzene rings is 1. The summed E-state index contributed by atoms with van der Waals surface area (Å²) in [5, 5.41) is 9.21. The van der Waals surface area contributed by atoms with Gasteiger partial charge in [-0.05, 0) is 25.0 Å². The standard InChI is InChI=1S/C19H23N7O3S/c20-13-15-5-1-2-6-16(15)30(27,28)21-14-17-22-18(25-7-3-4-8-25)24-19(23-17)26-9-11-29-12-10-26/h1-2,5-6,21H,3-4,7-12,14H2. The van der Waals surface area contributed by atoms with Crippen molar-refractivity contribution in [3.63, 3.8) is 0 Å². The quantitative estimate of drug-likeness (QED) is 0.705. The Labute approximate surface area is 175 Å². The molecule has 0 spiro atoms. The summed E-state index contributed by atoms with van der Waals surface area (Å²) < 4.78 is 33.4. The van der Waals surface area contributed by atoms with Crippen LogP contribution in [0.3, 0.4) is 0 Å². The lowest BCUT2D eigenvalue weighted by Crippen LogP contribution is -2.38. The maximum atomic E-state index is 12.7. The minimum absolute atomic E-state index is 0.0604. The second-order valence-electron chi connectivity index (χ2n) is 7.08. The molecule has 2 aliphatic rings. The summed E-state index contributed by atoms with van der Waals surface area (Å²) in [7, 11) is -3.89. The molecular formula is C19H23N7O3S. The van der Waals surface area contributed by atoms with E-state index in [0.717, 1.165) is 25.9 Å². The summed E-state index contributed by atoms with van der Waals surface area (Å²) in [6, 6.07) is 8.00. The Morgan fingerprint density at radius 3 is 2.30 bits per heavy atom. The highest BCUT2D eigenvalue weighted by molar-refractivity contribution is 7.89. The van der Waals surface area contributed by atoms with Crippen LogP contribution in [0.25, 0.3) is 0 Å². The fourth-order valence-electron chi connectivity index (χ4n) is 3.47. The lowest BCUT2D eigenvalue weighted by Gasteiger charge is -2.28. The summed E-state index contributed by atoms with van der Waals surface area (Å²) in [6.45, 7) is 4.17. The van der Waals surface area contributed by atoms with E-state index in [4.69, 9.17) is 4.74 Å². The Balaban J connectivity index is 1.59. The fraction of sp³-hybridized carbons (Fsp3) is 0.474. The highest BCUT2D eigenvalue weighted by atomic mass is 32.2. The molecule has 0 bridgehead atoms. The van der Waals surface area contributed by atoms with Gasteiger partial charge in [-0.25, -0.2) is 13.1 Å². The number of ether oxygens (including phenoxy) is 1. The van der Waals surface area contributed by atoms with Crippen molar-refractivity contribution in [2.24, 2.45) is 0 Å². The average molecular weight is 430 g/mol. The molecule has 30 heavy (non-hydrogen) atoms. The monoisotopic (exact) mass is 429 g/mol. The first kappa shape index (κ1) is 20.5. The van der Waals surface area contributed by atoms with Gasteiger partial charge in [-0.2, -0.15) is 20.2 Å². The van der Waals surface area contributed by atoms with Crippen molar-refractivity contribution in [2.45, 2.75) is 24.3 Å². The van der Waals surface area contributed by atoms with Crippen LogP contribution in [0.5, 0.6) is 0 Å². The molecule has 0 amide bonds. The number of nitriles is 1. The van der Waals surface area contributed by atoms with Crippen molar-refractivity contribution in [3.05, 3.63) is 35.7 Å². The number of anilines is 2. The molecule has 0 atom stereocenters. The van der Waals surface area contributed by atoms with E-state index in [9.17, 15) is 13.7 Å². The zero-order chi connectivity index (χ0) is 21.0. The Hall–Kier alpha value is -2.81. The van der Waals surface area contributed by atoms with Crippen LogP contribution in [0.1, 0.15) is 24.2 Å². The van der Waals surface area contributed by atoms with E-state index in [1.165, 1.54) is 12.1 Å². The predicted molar refractivity (Wildman–Crippen MR) is 109 cm³/mol. The zero-order valence-electron chi connectivity index (χ0n) is 16.5. The van der Waals surface area contributed by atoms with Crippen molar-refractivity contribution in [3.8, 4) is 6.07 Å². The molecule has 10 nitrogen and oxygen atoms in total. The molecule has 0 radical (unpaired) electrons. The Morgan fingerprint density at radius 2 is 1.63 bits per heavy atom. The van der Waals surface area contributed by atoms with Crippen molar-refractivity contribution in [2.75, 3.05) is 49.2 Å². The third kappa shape index (κ3) is 4.51. The molecule has 1 aromatic carbocycles. The topological polar surface area (TPSA) is 124 Å². The third-order valence-electron chi connectivity index (χ3n) is 5.06. The van der Waals surface area contributed by atoms with Crippen molar-refractivity contribution < 1.29 is 13.2 Å². The van der Waals surface area contributed by atoms with Crippen LogP contribution in [-0.2, 0) is 21.3 Å². The van der Waals surface area contributed by atoms with Crippen LogP contribution in [-0.4, -0.2) is 62.8 Å². The summed E-state index contributed by atoms with van der Waals surface area (Å²) in [5.41, 5.74) is 0.0902. The van der Waals surface area contributed by atoms with Gasteiger partial charge < -0.3 is 14.5 Å². The molecule has 2 aromatic rings. The van der Waals surface area contributed by atoms with Gasteiger partial charge in [-0.15, -0.1) is 0 Å². The van der Waals surface area contributed by atoms with E-state index in [-0.39, 0.29) is 17.0 Å². The van der Waals surface area contributed by atoms with E-state index < -0.39 is 10.0 Å². The number of aromatic nitrogens is 3. The molecule has 1 N–H and O–H groups in total. The normalized spacial score (nSPS) is 17.2. The molecule has 11 heteroatoms. The highest BCUT2D eigenvalue weighted by Gasteiger charge is 2.23. The second kappa shape index (κ2) is 8.91. The highest BCUT2D eigenvalue weighted by Crippen LogP contribution is 2.20. The van der Waals surface area contributed by atoms with Crippen LogP contribution in [0.2, 0.25) is 0 Å². The van der Waals surface area contributed by atoms with Gasteiger partial charge in [0.15, 0.2) is 5.82 Å². The number of sulfonamides is 1. The first-order valence-electron chi connectivity index (χ1n) is 9.88. The van der Waals surface area contributed by atoms with E-state index in [0.29, 0.717) is 44.0 Å². The average Bonchev–Trinajstić information content (AvgIpc) is 3.33.